The topological polar surface area (TPSA) is 86.8 Å². The predicted molar refractivity (Wildman–Crippen MR) is 117 cm³/mol. The molecular formula is C21H27N3O4S2. The monoisotopic (exact) mass is 449 g/mol. The zero-order valence-corrected chi connectivity index (χ0v) is 18.5. The van der Waals surface area contributed by atoms with Gasteiger partial charge in [-0.25, -0.2) is 8.42 Å². The molecule has 9 heteroatoms. The summed E-state index contributed by atoms with van der Waals surface area (Å²) in [5.41, 5.74) is 0.533. The number of rotatable bonds is 5. The molecule has 0 saturated carbocycles. The van der Waals surface area contributed by atoms with Crippen LogP contribution >= 0.6 is 11.8 Å². The summed E-state index contributed by atoms with van der Waals surface area (Å²) in [5.74, 6) is -0.00523. The van der Waals surface area contributed by atoms with E-state index in [4.69, 9.17) is 0 Å². The average molecular weight is 450 g/mol. The van der Waals surface area contributed by atoms with Crippen molar-refractivity contribution >= 4 is 33.6 Å². The number of sulfonamides is 1. The highest BCUT2D eigenvalue weighted by Gasteiger charge is 2.45. The molecule has 3 fully saturated rings. The molecule has 3 saturated heterocycles. The van der Waals surface area contributed by atoms with Crippen LogP contribution in [0, 0.1) is 5.92 Å². The number of amides is 2. The largest absolute Gasteiger partial charge is 0.341 e. The molecule has 162 valence electrons. The number of hydrogen-bond donors (Lipinski definition) is 1. The van der Waals surface area contributed by atoms with Crippen molar-refractivity contribution in [1.82, 2.24) is 14.5 Å². The quantitative estimate of drug-likeness (QED) is 0.696. The summed E-state index contributed by atoms with van der Waals surface area (Å²) < 4.78 is 27.7. The molecular weight excluding hydrogens is 422 g/mol. The first-order chi connectivity index (χ1) is 14.4. The number of carbonyl (C=O) groups excluding carboxylic acids is 2. The molecule has 1 aromatic carbocycles. The van der Waals surface area contributed by atoms with Gasteiger partial charge in [-0.05, 0) is 61.9 Å². The van der Waals surface area contributed by atoms with Gasteiger partial charge >= 0.3 is 0 Å². The summed E-state index contributed by atoms with van der Waals surface area (Å²) in [6.45, 7) is 5.88. The third-order valence-electron chi connectivity index (χ3n) is 6.07. The second-order valence-electron chi connectivity index (χ2n) is 8.07. The molecule has 3 unspecified atom stereocenters. The van der Waals surface area contributed by atoms with Crippen LogP contribution in [-0.4, -0.2) is 66.2 Å². The number of nitrogens with one attached hydrogen (secondary N) is 1. The van der Waals surface area contributed by atoms with E-state index in [0.29, 0.717) is 18.7 Å². The lowest BCUT2D eigenvalue weighted by atomic mass is 10.1. The molecule has 1 aromatic rings. The second-order valence-corrected chi connectivity index (χ2v) is 11.5. The van der Waals surface area contributed by atoms with Gasteiger partial charge in [0.15, 0.2) is 0 Å². The molecule has 0 radical (unpaired) electrons. The van der Waals surface area contributed by atoms with Gasteiger partial charge in [-0.1, -0.05) is 6.58 Å². The fourth-order valence-corrected chi connectivity index (χ4v) is 7.70. The lowest BCUT2D eigenvalue weighted by Crippen LogP contribution is -2.35. The van der Waals surface area contributed by atoms with Crippen molar-refractivity contribution in [2.24, 2.45) is 5.92 Å². The Balaban J connectivity index is 1.39. The zero-order chi connectivity index (χ0) is 21.3. The summed E-state index contributed by atoms with van der Waals surface area (Å²) in [7, 11) is -3.60. The molecule has 7 nitrogen and oxygen atoms in total. The average Bonchev–Trinajstić information content (AvgIpc) is 3.33. The maximum Gasteiger partial charge on any atom is 0.253 e. The van der Waals surface area contributed by atoms with Crippen LogP contribution in [0.3, 0.4) is 0 Å². The standard InChI is InChI=1S/C21H27N3O4S2/c1-2-19(25)22-20-12-16-13-24(14-18(16)29-20)30(27,28)17-8-6-15(7-9-17)21(26)23-10-4-3-5-11-23/h2,6-9,16,18,20H,1,3-5,10-14H2,(H,22,25). The Bertz CT molecular complexity index is 912. The van der Waals surface area contributed by atoms with E-state index in [0.717, 1.165) is 38.8 Å². The zero-order valence-electron chi connectivity index (χ0n) is 16.8. The molecule has 1 N–H and O–H groups in total. The van der Waals surface area contributed by atoms with E-state index in [1.807, 2.05) is 4.90 Å². The van der Waals surface area contributed by atoms with E-state index in [1.54, 1.807) is 36.0 Å². The van der Waals surface area contributed by atoms with Gasteiger partial charge in [-0.3, -0.25) is 9.59 Å². The first-order valence-corrected chi connectivity index (χ1v) is 12.7. The van der Waals surface area contributed by atoms with Crippen LogP contribution in [0.5, 0.6) is 0 Å². The Morgan fingerprint density at radius 3 is 2.43 bits per heavy atom. The normalized spacial score (nSPS) is 26.9. The number of nitrogens with zero attached hydrogens (tertiary/aromatic N) is 2. The molecule has 4 rings (SSSR count). The number of fused-ring (bicyclic) bond motifs is 1. The van der Waals surface area contributed by atoms with Crippen LogP contribution in [0.1, 0.15) is 36.0 Å². The lowest BCUT2D eigenvalue weighted by Gasteiger charge is -2.26. The predicted octanol–water partition coefficient (Wildman–Crippen LogP) is 2.07. The van der Waals surface area contributed by atoms with E-state index < -0.39 is 10.0 Å². The molecule has 0 bridgehead atoms. The van der Waals surface area contributed by atoms with Crippen molar-refractivity contribution in [1.29, 1.82) is 0 Å². The van der Waals surface area contributed by atoms with Gasteiger partial charge in [-0.15, -0.1) is 11.8 Å². The number of hydrogen-bond acceptors (Lipinski definition) is 5. The Morgan fingerprint density at radius 1 is 1.10 bits per heavy atom. The number of likely N-dealkylation sites (tertiary alicyclic amines) is 1. The van der Waals surface area contributed by atoms with E-state index >= 15 is 0 Å². The van der Waals surface area contributed by atoms with E-state index in [9.17, 15) is 18.0 Å². The minimum absolute atomic E-state index is 0.00966. The molecule has 30 heavy (non-hydrogen) atoms. The molecule has 3 atom stereocenters. The molecule has 0 aliphatic carbocycles. The third-order valence-corrected chi connectivity index (χ3v) is 9.44. The summed E-state index contributed by atoms with van der Waals surface area (Å²) in [4.78, 5) is 26.2. The van der Waals surface area contributed by atoms with Crippen molar-refractivity contribution in [3.05, 3.63) is 42.5 Å². The van der Waals surface area contributed by atoms with Gasteiger partial charge in [0, 0.05) is 37.0 Å². The molecule has 0 aromatic heterocycles. The Kier molecular flexibility index (Phi) is 6.22. The first kappa shape index (κ1) is 21.4. The Labute approximate surface area is 181 Å². The highest BCUT2D eigenvalue weighted by atomic mass is 32.2. The van der Waals surface area contributed by atoms with Crippen molar-refractivity contribution < 1.29 is 18.0 Å². The van der Waals surface area contributed by atoms with Crippen LogP contribution in [0.2, 0.25) is 0 Å². The van der Waals surface area contributed by atoms with Gasteiger partial charge in [0.05, 0.1) is 10.3 Å². The summed E-state index contributed by atoms with van der Waals surface area (Å²) in [6, 6.07) is 6.33. The number of piperidine rings is 1. The van der Waals surface area contributed by atoms with Crippen LogP contribution in [0.15, 0.2) is 41.8 Å². The maximum absolute atomic E-state index is 13.1. The van der Waals surface area contributed by atoms with Crippen molar-refractivity contribution in [2.45, 2.75) is 41.2 Å². The highest BCUT2D eigenvalue weighted by Crippen LogP contribution is 2.43. The maximum atomic E-state index is 13.1. The minimum atomic E-state index is -3.60. The minimum Gasteiger partial charge on any atom is -0.341 e. The fourth-order valence-electron chi connectivity index (χ4n) is 4.43. The summed E-state index contributed by atoms with van der Waals surface area (Å²) in [6.07, 6.45) is 5.20. The summed E-state index contributed by atoms with van der Waals surface area (Å²) >= 11 is 1.63. The third kappa shape index (κ3) is 4.29. The van der Waals surface area contributed by atoms with Gasteiger partial charge < -0.3 is 10.2 Å². The fraction of sp³-hybridized carbons (Fsp3) is 0.524. The highest BCUT2D eigenvalue weighted by molar-refractivity contribution is 8.00. The van der Waals surface area contributed by atoms with Gasteiger partial charge in [0.1, 0.15) is 0 Å². The molecule has 0 spiro atoms. The number of thioether (sulfide) groups is 1. The summed E-state index contributed by atoms with van der Waals surface area (Å²) in [5, 5.41) is 3.07. The molecule has 3 aliphatic rings. The van der Waals surface area contributed by atoms with Gasteiger partial charge in [0.2, 0.25) is 15.9 Å². The van der Waals surface area contributed by atoms with E-state index in [-0.39, 0.29) is 33.3 Å². The lowest BCUT2D eigenvalue weighted by molar-refractivity contribution is -0.116. The molecule has 3 aliphatic heterocycles. The molecule has 2 amide bonds. The van der Waals surface area contributed by atoms with Crippen LogP contribution < -0.4 is 5.32 Å². The number of benzene rings is 1. The van der Waals surface area contributed by atoms with Crippen LogP contribution in [-0.2, 0) is 14.8 Å². The van der Waals surface area contributed by atoms with Crippen LogP contribution in [0.25, 0.3) is 0 Å². The number of carbonyl (C=O) groups is 2. The van der Waals surface area contributed by atoms with E-state index in [1.165, 1.54) is 10.4 Å². The van der Waals surface area contributed by atoms with Crippen LogP contribution in [0.4, 0.5) is 0 Å². The van der Waals surface area contributed by atoms with Gasteiger partial charge in [0.25, 0.3) is 5.91 Å². The second kappa shape index (κ2) is 8.72. The van der Waals surface area contributed by atoms with Crippen molar-refractivity contribution in [2.75, 3.05) is 26.2 Å². The molecule has 3 heterocycles. The van der Waals surface area contributed by atoms with Crippen molar-refractivity contribution in [3.63, 3.8) is 0 Å². The SMILES string of the molecule is C=CC(=O)NC1CC2CN(S(=O)(=O)c3ccc(C(=O)N4CCCCC4)cc3)CC2S1. The van der Waals surface area contributed by atoms with Gasteiger partial charge in [-0.2, -0.15) is 4.31 Å². The smallest absolute Gasteiger partial charge is 0.253 e. The van der Waals surface area contributed by atoms with Crippen molar-refractivity contribution in [3.8, 4) is 0 Å². The Hall–Kier alpha value is -1.84. The Morgan fingerprint density at radius 2 is 1.80 bits per heavy atom. The van der Waals surface area contributed by atoms with E-state index in [2.05, 4.69) is 11.9 Å². The first-order valence-electron chi connectivity index (χ1n) is 10.4.